The highest BCUT2D eigenvalue weighted by Crippen LogP contribution is 2.21. The summed E-state index contributed by atoms with van der Waals surface area (Å²) in [4.78, 5) is 23.6. The highest BCUT2D eigenvalue weighted by Gasteiger charge is 2.08. The van der Waals surface area contributed by atoms with Crippen molar-refractivity contribution < 1.29 is 23.1 Å². The van der Waals surface area contributed by atoms with Crippen LogP contribution in [-0.4, -0.2) is 25.0 Å². The van der Waals surface area contributed by atoms with E-state index in [1.807, 2.05) is 6.92 Å². The average molecular weight is 360 g/mol. The fraction of sp³-hybridized carbons (Fsp3) is 0.158. The van der Waals surface area contributed by atoms with Gasteiger partial charge >= 0.3 is 6.61 Å². The minimum atomic E-state index is -2.94. The van der Waals surface area contributed by atoms with Crippen LogP contribution in [0.2, 0.25) is 0 Å². The summed E-state index contributed by atoms with van der Waals surface area (Å²) in [5, 5.41) is 5.30. The Balaban J connectivity index is 2.00. The molecule has 0 heterocycles. The van der Waals surface area contributed by atoms with Gasteiger partial charge in [-0.2, -0.15) is 8.78 Å². The molecule has 5 nitrogen and oxygen atoms in total. The number of rotatable bonds is 7. The Bertz CT molecular complexity index is 790. The van der Waals surface area contributed by atoms with Gasteiger partial charge < -0.3 is 15.4 Å². The molecule has 2 aromatic rings. The van der Waals surface area contributed by atoms with Gasteiger partial charge in [0, 0.05) is 29.4 Å². The summed E-state index contributed by atoms with van der Waals surface area (Å²) >= 11 is 0. The first-order valence-corrected chi connectivity index (χ1v) is 7.90. The lowest BCUT2D eigenvalue weighted by atomic mass is 10.1. The van der Waals surface area contributed by atoms with E-state index >= 15 is 0 Å². The van der Waals surface area contributed by atoms with Crippen LogP contribution in [0.1, 0.15) is 22.8 Å². The van der Waals surface area contributed by atoms with E-state index in [1.165, 1.54) is 18.2 Å². The predicted octanol–water partition coefficient (Wildman–Crippen LogP) is 3.69. The summed E-state index contributed by atoms with van der Waals surface area (Å²) in [6.45, 7) is -0.593. The molecule has 0 aliphatic rings. The zero-order valence-corrected chi connectivity index (χ0v) is 14.0. The second-order valence-electron chi connectivity index (χ2n) is 5.18. The lowest BCUT2D eigenvalue weighted by Crippen LogP contribution is -2.22. The number of anilines is 1. The van der Waals surface area contributed by atoms with Crippen LogP contribution in [0.4, 0.5) is 14.5 Å². The molecule has 0 saturated heterocycles. The topological polar surface area (TPSA) is 67.4 Å². The summed E-state index contributed by atoms with van der Waals surface area (Å²) in [6.07, 6.45) is 2.60. The summed E-state index contributed by atoms with van der Waals surface area (Å²) in [6, 6.07) is 12.5. The molecule has 0 bridgehead atoms. The first-order valence-electron chi connectivity index (χ1n) is 7.90. The lowest BCUT2D eigenvalue weighted by Gasteiger charge is -2.07. The van der Waals surface area contributed by atoms with E-state index in [0.717, 1.165) is 0 Å². The van der Waals surface area contributed by atoms with Gasteiger partial charge in [-0.25, -0.2) is 0 Å². The molecule has 26 heavy (non-hydrogen) atoms. The molecule has 2 aromatic carbocycles. The maximum Gasteiger partial charge on any atom is 0.387 e. The fourth-order valence-corrected chi connectivity index (χ4v) is 2.14. The number of carbonyl (C=O) groups is 2. The molecule has 0 spiro atoms. The van der Waals surface area contributed by atoms with Gasteiger partial charge in [-0.1, -0.05) is 18.2 Å². The number of amides is 2. The standard InChI is InChI=1S/C19H18F2N2O3/c1-2-22-18(25)14-7-10-15(11-8-14)23-17(24)12-9-13-5-3-4-6-16(13)26-19(20)21/h3-12,19H,2H2,1H3,(H,22,25)(H,23,24)/b12-9+. The van der Waals surface area contributed by atoms with Crippen LogP contribution < -0.4 is 15.4 Å². The SMILES string of the molecule is CCNC(=O)c1ccc(NC(=O)/C=C/c2ccccc2OC(F)F)cc1. The smallest absolute Gasteiger partial charge is 0.387 e. The van der Waals surface area contributed by atoms with Crippen LogP contribution >= 0.6 is 0 Å². The monoisotopic (exact) mass is 360 g/mol. The van der Waals surface area contributed by atoms with Crippen LogP contribution in [0.25, 0.3) is 6.08 Å². The number of carbonyl (C=O) groups excluding carboxylic acids is 2. The molecule has 2 N–H and O–H groups in total. The summed E-state index contributed by atoms with van der Waals surface area (Å²) in [5.41, 5.74) is 1.35. The molecule has 0 aromatic heterocycles. The van der Waals surface area contributed by atoms with Gasteiger partial charge in [-0.15, -0.1) is 0 Å². The number of alkyl halides is 2. The van der Waals surface area contributed by atoms with E-state index in [4.69, 9.17) is 0 Å². The maximum absolute atomic E-state index is 12.4. The number of ether oxygens (including phenoxy) is 1. The summed E-state index contributed by atoms with van der Waals surface area (Å²) in [5.74, 6) is -0.652. The Kier molecular flexibility index (Phi) is 6.84. The second kappa shape index (κ2) is 9.31. The van der Waals surface area contributed by atoms with E-state index in [1.54, 1.807) is 42.5 Å². The van der Waals surface area contributed by atoms with Crippen molar-refractivity contribution in [2.75, 3.05) is 11.9 Å². The van der Waals surface area contributed by atoms with Crippen molar-refractivity contribution in [3.8, 4) is 5.75 Å². The van der Waals surface area contributed by atoms with E-state index in [0.29, 0.717) is 23.4 Å². The Morgan fingerprint density at radius 1 is 1.12 bits per heavy atom. The number of hydrogen-bond acceptors (Lipinski definition) is 3. The Labute approximate surface area is 149 Å². The molecule has 136 valence electrons. The first kappa shape index (κ1) is 19.1. The van der Waals surface area contributed by atoms with Crippen LogP contribution in [0.5, 0.6) is 5.75 Å². The largest absolute Gasteiger partial charge is 0.434 e. The molecular weight excluding hydrogens is 342 g/mol. The summed E-state index contributed by atoms with van der Waals surface area (Å²) in [7, 11) is 0. The molecule has 0 aliphatic carbocycles. The zero-order chi connectivity index (χ0) is 18.9. The minimum Gasteiger partial charge on any atom is -0.434 e. The van der Waals surface area contributed by atoms with Crippen molar-refractivity contribution in [2.45, 2.75) is 13.5 Å². The molecular formula is C19H18F2N2O3. The molecule has 2 amide bonds. The number of para-hydroxylation sites is 1. The number of nitrogens with one attached hydrogen (secondary N) is 2. The third kappa shape index (κ3) is 5.70. The van der Waals surface area contributed by atoms with Gasteiger partial charge in [-0.3, -0.25) is 9.59 Å². The van der Waals surface area contributed by atoms with E-state index in [2.05, 4.69) is 15.4 Å². The van der Waals surface area contributed by atoms with Gasteiger partial charge in [0.05, 0.1) is 0 Å². The summed E-state index contributed by atoms with van der Waals surface area (Å²) < 4.78 is 29.1. The lowest BCUT2D eigenvalue weighted by molar-refractivity contribution is -0.111. The average Bonchev–Trinajstić information content (AvgIpc) is 2.61. The van der Waals surface area contributed by atoms with Crippen molar-refractivity contribution in [1.82, 2.24) is 5.32 Å². The molecule has 0 unspecified atom stereocenters. The van der Waals surface area contributed by atoms with Crippen molar-refractivity contribution in [3.63, 3.8) is 0 Å². The minimum absolute atomic E-state index is 0.0159. The quantitative estimate of drug-likeness (QED) is 0.740. The van der Waals surface area contributed by atoms with Gasteiger partial charge in [0.15, 0.2) is 0 Å². The maximum atomic E-state index is 12.4. The highest BCUT2D eigenvalue weighted by atomic mass is 19.3. The van der Waals surface area contributed by atoms with Gasteiger partial charge in [0.2, 0.25) is 5.91 Å². The Hall–Kier alpha value is -3.22. The van der Waals surface area contributed by atoms with Gasteiger partial charge in [0.1, 0.15) is 5.75 Å². The Morgan fingerprint density at radius 3 is 2.46 bits per heavy atom. The molecule has 0 fully saturated rings. The molecule has 7 heteroatoms. The van der Waals surface area contributed by atoms with E-state index in [9.17, 15) is 18.4 Å². The third-order valence-corrected chi connectivity index (χ3v) is 3.30. The van der Waals surface area contributed by atoms with Crippen molar-refractivity contribution >= 4 is 23.6 Å². The van der Waals surface area contributed by atoms with Crippen LogP contribution in [0.3, 0.4) is 0 Å². The molecule has 0 aliphatic heterocycles. The van der Waals surface area contributed by atoms with Crippen LogP contribution in [0, 0.1) is 0 Å². The predicted molar refractivity (Wildman–Crippen MR) is 95.2 cm³/mol. The normalized spacial score (nSPS) is 10.8. The first-order chi connectivity index (χ1) is 12.5. The second-order valence-corrected chi connectivity index (χ2v) is 5.18. The van der Waals surface area contributed by atoms with Gasteiger partial charge in [-0.05, 0) is 43.3 Å². The van der Waals surface area contributed by atoms with Crippen molar-refractivity contribution in [1.29, 1.82) is 0 Å². The Morgan fingerprint density at radius 2 is 1.81 bits per heavy atom. The number of benzene rings is 2. The molecule has 0 radical (unpaired) electrons. The van der Waals surface area contributed by atoms with Crippen molar-refractivity contribution in [2.24, 2.45) is 0 Å². The number of hydrogen-bond donors (Lipinski definition) is 2. The van der Waals surface area contributed by atoms with E-state index in [-0.39, 0.29) is 11.7 Å². The van der Waals surface area contributed by atoms with Crippen LogP contribution in [-0.2, 0) is 4.79 Å². The number of halogens is 2. The fourth-order valence-electron chi connectivity index (χ4n) is 2.14. The van der Waals surface area contributed by atoms with Gasteiger partial charge in [0.25, 0.3) is 5.91 Å². The third-order valence-electron chi connectivity index (χ3n) is 3.30. The van der Waals surface area contributed by atoms with Crippen molar-refractivity contribution in [3.05, 3.63) is 65.7 Å². The van der Waals surface area contributed by atoms with Crippen LogP contribution in [0.15, 0.2) is 54.6 Å². The molecule has 0 saturated carbocycles. The molecule has 2 rings (SSSR count). The molecule has 0 atom stereocenters. The van der Waals surface area contributed by atoms with E-state index < -0.39 is 12.5 Å². The highest BCUT2D eigenvalue weighted by molar-refractivity contribution is 6.02. The zero-order valence-electron chi connectivity index (χ0n) is 14.0.